The largest absolute Gasteiger partial charge is 0.378 e. The van der Waals surface area contributed by atoms with Crippen LogP contribution in [0, 0.1) is 0 Å². The molecule has 0 amide bonds. The van der Waals surface area contributed by atoms with Crippen LogP contribution in [-0.4, -0.2) is 53.0 Å². The third-order valence-corrected chi connectivity index (χ3v) is 4.96. The number of quaternary nitrogens is 1. The number of hydrogen-bond donors (Lipinski definition) is 1. The van der Waals surface area contributed by atoms with E-state index in [1.807, 2.05) is 20.3 Å². The molecule has 1 N–H and O–H groups in total. The summed E-state index contributed by atoms with van der Waals surface area (Å²) >= 11 is 0. The van der Waals surface area contributed by atoms with Crippen LogP contribution in [0.25, 0.3) is 0 Å². The van der Waals surface area contributed by atoms with Gasteiger partial charge < -0.3 is 14.7 Å². The molecule has 0 atom stereocenters. The van der Waals surface area contributed by atoms with Crippen LogP contribution in [0.2, 0.25) is 0 Å². The molecular formula is C21H29N4+. The fraction of sp³-hybridized carbons (Fsp3) is 0.381. The molecule has 0 bridgehead atoms. The van der Waals surface area contributed by atoms with Crippen molar-refractivity contribution >= 4 is 23.3 Å². The summed E-state index contributed by atoms with van der Waals surface area (Å²) in [4.78, 5) is 10.9. The van der Waals surface area contributed by atoms with Crippen molar-refractivity contribution in [2.75, 3.05) is 56.6 Å². The third-order valence-electron chi connectivity index (χ3n) is 4.96. The maximum atomic E-state index is 4.60. The van der Waals surface area contributed by atoms with Crippen molar-refractivity contribution in [2.24, 2.45) is 4.99 Å². The zero-order chi connectivity index (χ0) is 17.6. The van der Waals surface area contributed by atoms with E-state index in [0.29, 0.717) is 0 Å². The first-order chi connectivity index (χ1) is 12.2. The number of piperazine rings is 1. The van der Waals surface area contributed by atoms with Gasteiger partial charge in [0.25, 0.3) is 0 Å². The molecule has 1 heterocycles. The molecule has 4 heteroatoms. The Morgan fingerprint density at radius 1 is 1.00 bits per heavy atom. The predicted octanol–water partition coefficient (Wildman–Crippen LogP) is 2.23. The Morgan fingerprint density at radius 3 is 2.20 bits per heavy atom. The molecule has 2 aromatic carbocycles. The highest BCUT2D eigenvalue weighted by atomic mass is 15.3. The number of benzene rings is 2. The van der Waals surface area contributed by atoms with Gasteiger partial charge in [-0.1, -0.05) is 12.1 Å². The molecule has 3 rings (SSSR count). The lowest BCUT2D eigenvalue weighted by Gasteiger charge is -2.33. The summed E-state index contributed by atoms with van der Waals surface area (Å²) in [5, 5.41) is 0. The molecule has 1 fully saturated rings. The smallest absolute Gasteiger partial charge is 0.0949 e. The van der Waals surface area contributed by atoms with Crippen LogP contribution >= 0.6 is 0 Å². The first-order valence-electron chi connectivity index (χ1n) is 9.16. The number of nitrogens with one attached hydrogen (secondary N) is 1. The Labute approximate surface area is 151 Å². The van der Waals surface area contributed by atoms with Crippen LogP contribution in [0.4, 0.5) is 17.1 Å². The molecular weight excluding hydrogens is 308 g/mol. The van der Waals surface area contributed by atoms with Crippen LogP contribution < -0.4 is 14.7 Å². The maximum absolute atomic E-state index is 4.60. The molecule has 4 nitrogen and oxygen atoms in total. The highest BCUT2D eigenvalue weighted by Crippen LogP contribution is 2.20. The summed E-state index contributed by atoms with van der Waals surface area (Å²) < 4.78 is 0. The second-order valence-corrected chi connectivity index (χ2v) is 6.85. The van der Waals surface area contributed by atoms with Crippen molar-refractivity contribution in [1.82, 2.24) is 0 Å². The molecule has 0 radical (unpaired) electrons. The number of anilines is 2. The first kappa shape index (κ1) is 17.5. The standard InChI is InChI=1S/C21H28N4/c1-4-24-13-15-25(16-14-24)21-11-7-19(8-12-21)22-17-18-5-9-20(10-6-18)23(2)3/h5-12,17H,4,13-16H2,1-3H3/p+1. The minimum absolute atomic E-state index is 0.998. The van der Waals surface area contributed by atoms with Crippen molar-refractivity contribution < 1.29 is 4.90 Å². The number of hydrogen-bond acceptors (Lipinski definition) is 3. The molecule has 1 aliphatic heterocycles. The van der Waals surface area contributed by atoms with Gasteiger partial charge in [-0.15, -0.1) is 0 Å². The topological polar surface area (TPSA) is 23.3 Å². The van der Waals surface area contributed by atoms with Crippen LogP contribution in [0.15, 0.2) is 53.5 Å². The van der Waals surface area contributed by atoms with Gasteiger partial charge in [-0.2, -0.15) is 0 Å². The van der Waals surface area contributed by atoms with Gasteiger partial charge in [0.05, 0.1) is 38.4 Å². The average Bonchev–Trinajstić information content (AvgIpc) is 2.67. The van der Waals surface area contributed by atoms with Gasteiger partial charge in [0.1, 0.15) is 0 Å². The van der Waals surface area contributed by atoms with Gasteiger partial charge in [-0.25, -0.2) is 0 Å². The van der Waals surface area contributed by atoms with Crippen molar-refractivity contribution in [3.63, 3.8) is 0 Å². The SMILES string of the molecule is CC[NH+]1CCN(c2ccc(N=Cc3ccc(N(C)C)cc3)cc2)CC1. The summed E-state index contributed by atoms with van der Waals surface area (Å²) in [6.45, 7) is 8.26. The molecule has 1 aliphatic rings. The summed E-state index contributed by atoms with van der Waals surface area (Å²) in [6, 6.07) is 17.0. The van der Waals surface area contributed by atoms with E-state index in [2.05, 4.69) is 70.2 Å². The van der Waals surface area contributed by atoms with E-state index in [4.69, 9.17) is 0 Å². The quantitative estimate of drug-likeness (QED) is 0.846. The van der Waals surface area contributed by atoms with Gasteiger partial charge in [0, 0.05) is 31.7 Å². The highest BCUT2D eigenvalue weighted by molar-refractivity contribution is 5.82. The van der Waals surface area contributed by atoms with E-state index in [9.17, 15) is 0 Å². The number of nitrogens with zero attached hydrogens (tertiary/aromatic N) is 3. The fourth-order valence-electron chi connectivity index (χ4n) is 3.19. The van der Waals surface area contributed by atoms with Gasteiger partial charge >= 0.3 is 0 Å². The van der Waals surface area contributed by atoms with Crippen LogP contribution in [-0.2, 0) is 0 Å². The van der Waals surface area contributed by atoms with E-state index in [1.54, 1.807) is 4.90 Å². The lowest BCUT2D eigenvalue weighted by molar-refractivity contribution is -0.898. The second kappa shape index (κ2) is 8.17. The summed E-state index contributed by atoms with van der Waals surface area (Å²) in [5.41, 5.74) is 4.63. The number of likely N-dealkylation sites (N-methyl/N-ethyl adjacent to an activating group) is 1. The van der Waals surface area contributed by atoms with Gasteiger partial charge in [-0.3, -0.25) is 4.99 Å². The Hall–Kier alpha value is -2.33. The molecule has 0 aromatic heterocycles. The summed E-state index contributed by atoms with van der Waals surface area (Å²) in [6.07, 6.45) is 1.93. The zero-order valence-corrected chi connectivity index (χ0v) is 15.6. The minimum atomic E-state index is 0.998. The van der Waals surface area contributed by atoms with Crippen LogP contribution in [0.3, 0.4) is 0 Å². The third kappa shape index (κ3) is 4.60. The molecule has 0 saturated carbocycles. The van der Waals surface area contributed by atoms with E-state index in [1.165, 1.54) is 31.0 Å². The normalized spacial score (nSPS) is 15.7. The van der Waals surface area contributed by atoms with Crippen LogP contribution in [0.5, 0.6) is 0 Å². The van der Waals surface area contributed by atoms with E-state index < -0.39 is 0 Å². The zero-order valence-electron chi connectivity index (χ0n) is 15.6. The Kier molecular flexibility index (Phi) is 5.71. The molecule has 2 aromatic rings. The Bertz CT molecular complexity index is 681. The number of aliphatic imine (C=N–C) groups is 1. The highest BCUT2D eigenvalue weighted by Gasteiger charge is 2.18. The van der Waals surface area contributed by atoms with Crippen molar-refractivity contribution in [1.29, 1.82) is 0 Å². The monoisotopic (exact) mass is 337 g/mol. The lowest BCUT2D eigenvalue weighted by Crippen LogP contribution is -3.14. The lowest BCUT2D eigenvalue weighted by atomic mass is 10.2. The fourth-order valence-corrected chi connectivity index (χ4v) is 3.19. The molecule has 0 aliphatic carbocycles. The number of rotatable bonds is 5. The minimum Gasteiger partial charge on any atom is -0.378 e. The average molecular weight is 337 g/mol. The van der Waals surface area contributed by atoms with Gasteiger partial charge in [-0.05, 0) is 48.9 Å². The molecule has 0 spiro atoms. The van der Waals surface area contributed by atoms with E-state index >= 15 is 0 Å². The van der Waals surface area contributed by atoms with Gasteiger partial charge in [0.2, 0.25) is 0 Å². The molecule has 1 saturated heterocycles. The molecule has 0 unspecified atom stereocenters. The maximum Gasteiger partial charge on any atom is 0.0949 e. The van der Waals surface area contributed by atoms with E-state index in [-0.39, 0.29) is 0 Å². The summed E-state index contributed by atoms with van der Waals surface area (Å²) in [5.74, 6) is 0. The van der Waals surface area contributed by atoms with E-state index in [0.717, 1.165) is 24.3 Å². The van der Waals surface area contributed by atoms with Crippen molar-refractivity contribution in [3.05, 3.63) is 54.1 Å². The van der Waals surface area contributed by atoms with Crippen molar-refractivity contribution in [3.8, 4) is 0 Å². The van der Waals surface area contributed by atoms with Crippen molar-refractivity contribution in [2.45, 2.75) is 6.92 Å². The second-order valence-electron chi connectivity index (χ2n) is 6.85. The Balaban J connectivity index is 1.60. The van der Waals surface area contributed by atoms with Crippen LogP contribution in [0.1, 0.15) is 12.5 Å². The van der Waals surface area contributed by atoms with Gasteiger partial charge in [0.15, 0.2) is 0 Å². The first-order valence-corrected chi connectivity index (χ1v) is 9.16. The predicted molar refractivity (Wildman–Crippen MR) is 108 cm³/mol. The molecule has 132 valence electrons. The Morgan fingerprint density at radius 2 is 1.64 bits per heavy atom. The molecule has 25 heavy (non-hydrogen) atoms. The summed E-state index contributed by atoms with van der Waals surface area (Å²) in [7, 11) is 4.10.